The Hall–Kier alpha value is -4.66. The number of carbonyl (C=O) groups is 4. The molecule has 0 spiro atoms. The van der Waals surface area contributed by atoms with Crippen molar-refractivity contribution in [3.05, 3.63) is 41.0 Å². The van der Waals surface area contributed by atoms with Crippen LogP contribution in [0.5, 0.6) is 23.0 Å². The number of phenols is 2. The molecule has 0 unspecified atom stereocenters. The van der Waals surface area contributed by atoms with Gasteiger partial charge in [-0.05, 0) is 42.5 Å². The largest absolute Gasteiger partial charge is 0.506 e. The predicted molar refractivity (Wildman–Crippen MR) is 147 cm³/mol. The van der Waals surface area contributed by atoms with Crippen molar-refractivity contribution >= 4 is 29.3 Å². The van der Waals surface area contributed by atoms with E-state index in [2.05, 4.69) is 0 Å². The first-order valence-electron chi connectivity index (χ1n) is 14.2. The van der Waals surface area contributed by atoms with Gasteiger partial charge in [0.2, 0.25) is 11.4 Å². The highest BCUT2D eigenvalue weighted by Crippen LogP contribution is 2.58. The van der Waals surface area contributed by atoms with E-state index in [1.165, 1.54) is 31.2 Å². The number of aliphatic hydroxyl groups is 4. The molecule has 2 bridgehead atoms. The molecule has 3 heterocycles. The summed E-state index contributed by atoms with van der Waals surface area (Å²) in [6, 6.07) is 4.86. The van der Waals surface area contributed by atoms with Gasteiger partial charge in [0.1, 0.15) is 58.2 Å². The van der Waals surface area contributed by atoms with Crippen molar-refractivity contribution in [2.75, 3.05) is 7.11 Å². The number of fused-ring (bicyclic) bond motifs is 3. The molecule has 8 atom stereocenters. The number of esters is 2. The summed E-state index contributed by atoms with van der Waals surface area (Å²) in [4.78, 5) is 53.0. The van der Waals surface area contributed by atoms with Crippen LogP contribution in [0.25, 0.3) is 16.9 Å². The molecule has 0 amide bonds. The maximum atomic E-state index is 13.9. The fourth-order valence-corrected chi connectivity index (χ4v) is 7.58. The SMILES string of the molecule is COC(=O)[C@]12Oc3ccc(-c4ccc5c(c4O)C(=O)[C@]4(O)[C@H]6C[C@@H](C)[C@@H](O)[C@]4(O5)C(=O)O6)c(O)c3C(O)=C1C(=O)C[C@H](C)[C@H]2O. The Labute approximate surface area is 254 Å². The van der Waals surface area contributed by atoms with Crippen molar-refractivity contribution in [2.45, 2.75) is 61.8 Å². The molecule has 6 N–H and O–H groups in total. The molecular formula is C31H28O14. The van der Waals surface area contributed by atoms with Crippen molar-refractivity contribution in [2.24, 2.45) is 11.8 Å². The van der Waals surface area contributed by atoms with Crippen LogP contribution in [0.3, 0.4) is 0 Å². The molecular weight excluding hydrogens is 596 g/mol. The lowest BCUT2D eigenvalue weighted by Gasteiger charge is -2.49. The van der Waals surface area contributed by atoms with Gasteiger partial charge in [-0.25, -0.2) is 9.59 Å². The normalized spacial score (nSPS) is 36.1. The van der Waals surface area contributed by atoms with Crippen LogP contribution >= 0.6 is 0 Å². The molecule has 2 aromatic rings. The van der Waals surface area contributed by atoms with Gasteiger partial charge < -0.3 is 49.6 Å². The minimum absolute atomic E-state index is 0.0607. The lowest BCUT2D eigenvalue weighted by atomic mass is 9.62. The molecule has 14 nitrogen and oxygen atoms in total. The first-order valence-corrected chi connectivity index (χ1v) is 14.2. The lowest BCUT2D eigenvalue weighted by molar-refractivity contribution is -0.192. The Bertz CT molecular complexity index is 1790. The summed E-state index contributed by atoms with van der Waals surface area (Å²) in [7, 11) is 1.02. The van der Waals surface area contributed by atoms with E-state index in [4.69, 9.17) is 18.9 Å². The topological polar surface area (TPSA) is 227 Å². The van der Waals surface area contributed by atoms with Crippen LogP contribution in [0.1, 0.15) is 42.6 Å². The van der Waals surface area contributed by atoms with Crippen LogP contribution in [-0.4, -0.2) is 96.4 Å². The molecule has 0 aromatic heterocycles. The molecule has 45 heavy (non-hydrogen) atoms. The first kappa shape index (κ1) is 29.1. The molecule has 14 heteroatoms. The van der Waals surface area contributed by atoms with Crippen molar-refractivity contribution in [1.82, 2.24) is 0 Å². The van der Waals surface area contributed by atoms with E-state index in [0.29, 0.717) is 0 Å². The average Bonchev–Trinajstić information content (AvgIpc) is 3.15. The quantitative estimate of drug-likeness (QED) is 0.253. The zero-order valence-corrected chi connectivity index (χ0v) is 24.1. The molecule has 0 radical (unpaired) electrons. The van der Waals surface area contributed by atoms with E-state index in [0.717, 1.165) is 7.11 Å². The van der Waals surface area contributed by atoms with Crippen molar-refractivity contribution in [1.29, 1.82) is 0 Å². The standard InChI is InChI=1S/C31H28O14/c1-10-8-14(32)20-23(35)18-15(44-29(20,24(10)36)27(39)42-3)6-4-12(21(18)33)13-5-7-16-19(22(13)34)26(38)30(41)17-9-11(2)25(37)31(30,45-16)28(40)43-17/h4-7,10-11,17,24-25,33-37,41H,8-9H2,1-3H3/t10-,11+,17+,24+,25+,29-,30+,31-/m0/s1. The minimum atomic E-state index is -2.68. The fourth-order valence-electron chi connectivity index (χ4n) is 7.58. The summed E-state index contributed by atoms with van der Waals surface area (Å²) < 4.78 is 21.8. The summed E-state index contributed by atoms with van der Waals surface area (Å²) in [6.07, 6.45) is -4.90. The van der Waals surface area contributed by atoms with Crippen molar-refractivity contribution in [3.63, 3.8) is 0 Å². The highest BCUT2D eigenvalue weighted by Gasteiger charge is 2.81. The Kier molecular flexibility index (Phi) is 5.79. The molecule has 236 valence electrons. The van der Waals surface area contributed by atoms with Crippen LogP contribution < -0.4 is 9.47 Å². The number of benzene rings is 2. The second kappa shape index (κ2) is 8.96. The molecule has 2 aromatic carbocycles. The first-order chi connectivity index (χ1) is 21.2. The third-order valence-electron chi connectivity index (χ3n) is 9.89. The number of rotatable bonds is 2. The van der Waals surface area contributed by atoms with E-state index < -0.39 is 104 Å². The van der Waals surface area contributed by atoms with Gasteiger partial charge >= 0.3 is 11.9 Å². The summed E-state index contributed by atoms with van der Waals surface area (Å²) in [6.45, 7) is 3.13. The smallest absolute Gasteiger partial charge is 0.358 e. The third-order valence-corrected chi connectivity index (χ3v) is 9.89. The Morgan fingerprint density at radius 1 is 0.889 bits per heavy atom. The molecule has 5 aliphatic rings. The lowest BCUT2D eigenvalue weighted by Crippen LogP contribution is -2.76. The van der Waals surface area contributed by atoms with Gasteiger partial charge in [-0.2, -0.15) is 0 Å². The number of carbonyl (C=O) groups excluding carboxylic acids is 4. The number of ketones is 2. The Balaban J connectivity index is 1.39. The highest BCUT2D eigenvalue weighted by molar-refractivity contribution is 6.16. The van der Waals surface area contributed by atoms with Gasteiger partial charge in [-0.1, -0.05) is 13.8 Å². The number of aliphatic hydroxyl groups excluding tert-OH is 3. The summed E-state index contributed by atoms with van der Waals surface area (Å²) >= 11 is 0. The van der Waals surface area contributed by atoms with Gasteiger partial charge in [0, 0.05) is 17.5 Å². The van der Waals surface area contributed by atoms with E-state index >= 15 is 0 Å². The second-order valence-corrected chi connectivity index (χ2v) is 12.3. The minimum Gasteiger partial charge on any atom is -0.506 e. The number of Topliss-reactive ketones (excluding diaryl/α,β-unsaturated/α-hetero) is 2. The summed E-state index contributed by atoms with van der Waals surface area (Å²) in [5, 5.41) is 67.8. The Morgan fingerprint density at radius 2 is 1.49 bits per heavy atom. The van der Waals surface area contributed by atoms with E-state index in [1.54, 1.807) is 6.92 Å². The monoisotopic (exact) mass is 624 g/mol. The molecule has 2 saturated carbocycles. The van der Waals surface area contributed by atoms with Crippen molar-refractivity contribution < 1.29 is 68.8 Å². The molecule has 3 fully saturated rings. The predicted octanol–water partition coefficient (Wildman–Crippen LogP) is 0.679. The number of methoxy groups -OCH3 is 1. The van der Waals surface area contributed by atoms with Gasteiger partial charge in [-0.3, -0.25) is 9.59 Å². The fraction of sp³-hybridized carbons (Fsp3) is 0.419. The molecule has 1 saturated heterocycles. The van der Waals surface area contributed by atoms with Crippen LogP contribution in [0.15, 0.2) is 29.8 Å². The number of hydrogen-bond acceptors (Lipinski definition) is 14. The number of hydrogen-bond donors (Lipinski definition) is 6. The number of phenolic OH excluding ortho intramolecular Hbond substituents is 2. The number of ether oxygens (including phenoxy) is 4. The van der Waals surface area contributed by atoms with Crippen LogP contribution in [0, 0.1) is 11.8 Å². The van der Waals surface area contributed by atoms with Gasteiger partial charge in [-0.15, -0.1) is 0 Å². The highest BCUT2D eigenvalue weighted by atomic mass is 16.6. The molecule has 3 aliphatic heterocycles. The zero-order valence-electron chi connectivity index (χ0n) is 24.1. The summed E-state index contributed by atoms with van der Waals surface area (Å²) in [5.41, 5.74) is -9.52. The van der Waals surface area contributed by atoms with Crippen LogP contribution in [0.2, 0.25) is 0 Å². The van der Waals surface area contributed by atoms with Gasteiger partial charge in [0.15, 0.2) is 5.78 Å². The van der Waals surface area contributed by atoms with E-state index in [9.17, 15) is 49.8 Å². The van der Waals surface area contributed by atoms with E-state index in [1.807, 2.05) is 0 Å². The van der Waals surface area contributed by atoms with Crippen LogP contribution in [0.4, 0.5) is 0 Å². The second-order valence-electron chi connectivity index (χ2n) is 12.3. The van der Waals surface area contributed by atoms with Crippen LogP contribution in [-0.2, 0) is 23.9 Å². The van der Waals surface area contributed by atoms with Crippen molar-refractivity contribution in [3.8, 4) is 34.1 Å². The zero-order chi connectivity index (χ0) is 32.5. The maximum Gasteiger partial charge on any atom is 0.358 e. The third kappa shape index (κ3) is 3.13. The van der Waals surface area contributed by atoms with Gasteiger partial charge in [0.05, 0.1) is 12.7 Å². The average molecular weight is 625 g/mol. The van der Waals surface area contributed by atoms with E-state index in [-0.39, 0.29) is 35.5 Å². The molecule has 7 rings (SSSR count). The Morgan fingerprint density at radius 3 is 2.11 bits per heavy atom. The summed E-state index contributed by atoms with van der Waals surface area (Å²) in [5.74, 6) is -8.48. The maximum absolute atomic E-state index is 13.9. The number of aromatic hydroxyl groups is 2. The molecule has 2 aliphatic carbocycles. The van der Waals surface area contributed by atoms with Gasteiger partial charge in [0.25, 0.3) is 11.2 Å².